The summed E-state index contributed by atoms with van der Waals surface area (Å²) in [6.07, 6.45) is 5.25. The molecule has 7 nitrogen and oxygen atoms in total. The first-order chi connectivity index (χ1) is 13.0. The Labute approximate surface area is 157 Å². The van der Waals surface area contributed by atoms with Crippen molar-refractivity contribution in [2.45, 2.75) is 32.4 Å². The van der Waals surface area contributed by atoms with Crippen molar-refractivity contribution < 1.29 is 23.8 Å². The lowest BCUT2D eigenvalue weighted by Crippen LogP contribution is -2.32. The number of hydrogen-bond acceptors (Lipinski definition) is 6. The Kier molecular flexibility index (Phi) is 5.71. The van der Waals surface area contributed by atoms with Crippen molar-refractivity contribution in [2.75, 3.05) is 13.2 Å². The number of Topliss-reactive ketones (excluding diaryl/α,β-unsaturated/α-hetero) is 1. The van der Waals surface area contributed by atoms with Crippen LogP contribution in [0.25, 0.3) is 0 Å². The Bertz CT molecular complexity index is 827. The number of carbonyl (C=O) groups is 2. The second-order valence-electron chi connectivity index (χ2n) is 6.53. The fourth-order valence-corrected chi connectivity index (χ4v) is 3.09. The minimum absolute atomic E-state index is 0.00716. The predicted molar refractivity (Wildman–Crippen MR) is 97.1 cm³/mol. The molecule has 0 radical (unpaired) electrons. The quantitative estimate of drug-likeness (QED) is 0.567. The first-order valence-electron chi connectivity index (χ1n) is 8.84. The molecule has 3 rings (SSSR count). The number of carbonyl (C=O) groups excluding carboxylic acids is 2. The van der Waals surface area contributed by atoms with Gasteiger partial charge in [-0.15, -0.1) is 0 Å². The molecule has 142 valence electrons. The Morgan fingerprint density at radius 3 is 2.81 bits per heavy atom. The van der Waals surface area contributed by atoms with Gasteiger partial charge in [0.25, 0.3) is 5.91 Å². The number of pyridine rings is 1. The Morgan fingerprint density at radius 1 is 1.37 bits per heavy atom. The number of nitrogens with zero attached hydrogens (tertiary/aromatic N) is 2. The number of aliphatic hydroxyl groups is 1. The van der Waals surface area contributed by atoms with Gasteiger partial charge in [0.15, 0.2) is 11.5 Å². The molecular formula is C20H22N2O5. The Hall–Kier alpha value is -2.93. The average molecular weight is 370 g/mol. The van der Waals surface area contributed by atoms with E-state index < -0.39 is 23.5 Å². The van der Waals surface area contributed by atoms with Gasteiger partial charge >= 0.3 is 0 Å². The summed E-state index contributed by atoms with van der Waals surface area (Å²) in [4.78, 5) is 31.1. The van der Waals surface area contributed by atoms with Gasteiger partial charge in [0, 0.05) is 25.5 Å². The van der Waals surface area contributed by atoms with Crippen LogP contribution in [0, 0.1) is 0 Å². The SMILES string of the molecule is CC(C)OCCCN1C(=O)C(O)=C(C(=O)c2ccco2)C1c1cccnc1. The van der Waals surface area contributed by atoms with E-state index in [0.717, 1.165) is 0 Å². The number of rotatable bonds is 8. The van der Waals surface area contributed by atoms with Crippen LogP contribution >= 0.6 is 0 Å². The summed E-state index contributed by atoms with van der Waals surface area (Å²) in [6.45, 7) is 4.69. The molecule has 0 saturated heterocycles. The van der Waals surface area contributed by atoms with Gasteiger partial charge in [-0.25, -0.2) is 0 Å². The maximum Gasteiger partial charge on any atom is 0.290 e. The minimum Gasteiger partial charge on any atom is -0.503 e. The van der Waals surface area contributed by atoms with Crippen LogP contribution in [0.15, 0.2) is 58.7 Å². The van der Waals surface area contributed by atoms with Gasteiger partial charge < -0.3 is 19.2 Å². The standard InChI is InChI=1S/C20H22N2O5/c1-13(2)26-11-5-9-22-17(14-6-3-8-21-12-14)16(19(24)20(22)25)18(23)15-7-4-10-27-15/h3-4,6-8,10,12-13,17,24H,5,9,11H2,1-2H3. The minimum atomic E-state index is -0.720. The van der Waals surface area contributed by atoms with Crippen LogP contribution in [-0.4, -0.2) is 45.9 Å². The predicted octanol–water partition coefficient (Wildman–Crippen LogP) is 3.07. The highest BCUT2D eigenvalue weighted by Crippen LogP contribution is 2.38. The average Bonchev–Trinajstić information content (AvgIpc) is 3.28. The van der Waals surface area contributed by atoms with E-state index in [1.165, 1.54) is 17.2 Å². The van der Waals surface area contributed by atoms with Crippen molar-refractivity contribution in [3.63, 3.8) is 0 Å². The summed E-state index contributed by atoms with van der Waals surface area (Å²) in [5, 5.41) is 10.4. The molecule has 0 fully saturated rings. The third-order valence-corrected chi connectivity index (χ3v) is 4.29. The molecule has 2 aromatic rings. The smallest absolute Gasteiger partial charge is 0.290 e. The summed E-state index contributed by atoms with van der Waals surface area (Å²) < 4.78 is 10.7. The second kappa shape index (κ2) is 8.18. The number of amides is 1. The number of aromatic nitrogens is 1. The number of ether oxygens (including phenoxy) is 1. The number of aliphatic hydroxyl groups excluding tert-OH is 1. The number of hydrogen-bond donors (Lipinski definition) is 1. The molecule has 0 saturated carbocycles. The van der Waals surface area contributed by atoms with E-state index in [9.17, 15) is 14.7 Å². The van der Waals surface area contributed by atoms with Crippen molar-refractivity contribution in [1.82, 2.24) is 9.88 Å². The first-order valence-corrected chi connectivity index (χ1v) is 8.84. The highest BCUT2D eigenvalue weighted by Gasteiger charge is 2.44. The van der Waals surface area contributed by atoms with Gasteiger partial charge in [0.2, 0.25) is 5.78 Å². The molecule has 0 spiro atoms. The van der Waals surface area contributed by atoms with Gasteiger partial charge in [-0.2, -0.15) is 0 Å². The van der Waals surface area contributed by atoms with Gasteiger partial charge in [0.1, 0.15) is 0 Å². The maximum atomic E-state index is 12.9. The van der Waals surface area contributed by atoms with Gasteiger partial charge in [0.05, 0.1) is 24.0 Å². The molecule has 1 aliphatic heterocycles. The molecule has 0 aliphatic carbocycles. The third kappa shape index (κ3) is 3.93. The van der Waals surface area contributed by atoms with E-state index in [2.05, 4.69) is 4.98 Å². The molecule has 1 N–H and O–H groups in total. The summed E-state index contributed by atoms with van der Waals surface area (Å²) >= 11 is 0. The van der Waals surface area contributed by atoms with Crippen LogP contribution in [0.4, 0.5) is 0 Å². The van der Waals surface area contributed by atoms with E-state index in [-0.39, 0.29) is 17.4 Å². The molecular weight excluding hydrogens is 348 g/mol. The van der Waals surface area contributed by atoms with Crippen LogP contribution in [-0.2, 0) is 9.53 Å². The van der Waals surface area contributed by atoms with E-state index >= 15 is 0 Å². The summed E-state index contributed by atoms with van der Waals surface area (Å²) in [7, 11) is 0. The summed E-state index contributed by atoms with van der Waals surface area (Å²) in [5.41, 5.74) is 0.655. The van der Waals surface area contributed by atoms with E-state index in [1.807, 2.05) is 13.8 Å². The van der Waals surface area contributed by atoms with Gasteiger partial charge in [-0.05, 0) is 44.0 Å². The molecule has 27 heavy (non-hydrogen) atoms. The zero-order chi connectivity index (χ0) is 19.4. The largest absolute Gasteiger partial charge is 0.503 e. The lowest BCUT2D eigenvalue weighted by molar-refractivity contribution is -0.129. The fraction of sp³-hybridized carbons (Fsp3) is 0.350. The van der Waals surface area contributed by atoms with E-state index in [4.69, 9.17) is 9.15 Å². The van der Waals surface area contributed by atoms with Crippen molar-refractivity contribution in [1.29, 1.82) is 0 Å². The van der Waals surface area contributed by atoms with Crippen molar-refractivity contribution >= 4 is 11.7 Å². The highest BCUT2D eigenvalue weighted by molar-refractivity contribution is 6.14. The molecule has 7 heteroatoms. The van der Waals surface area contributed by atoms with Crippen LogP contribution in [0.2, 0.25) is 0 Å². The molecule has 1 aliphatic rings. The fourth-order valence-electron chi connectivity index (χ4n) is 3.09. The summed E-state index contributed by atoms with van der Waals surface area (Å²) in [5.74, 6) is -1.57. The van der Waals surface area contributed by atoms with Gasteiger partial charge in [-0.1, -0.05) is 6.07 Å². The number of furan rings is 1. The van der Waals surface area contributed by atoms with E-state index in [1.54, 1.807) is 30.6 Å². The molecule has 1 amide bonds. The lowest BCUT2D eigenvalue weighted by atomic mass is 9.96. The Morgan fingerprint density at radius 2 is 2.19 bits per heavy atom. The maximum absolute atomic E-state index is 12.9. The number of ketones is 1. The molecule has 3 heterocycles. The van der Waals surface area contributed by atoms with Crippen molar-refractivity contribution in [3.8, 4) is 0 Å². The lowest BCUT2D eigenvalue weighted by Gasteiger charge is -2.26. The monoisotopic (exact) mass is 370 g/mol. The Balaban J connectivity index is 1.91. The van der Waals surface area contributed by atoms with E-state index in [0.29, 0.717) is 25.1 Å². The molecule has 1 atom stereocenters. The van der Waals surface area contributed by atoms with Crippen LogP contribution in [0.5, 0.6) is 0 Å². The topological polar surface area (TPSA) is 92.9 Å². The van der Waals surface area contributed by atoms with Gasteiger partial charge in [-0.3, -0.25) is 14.6 Å². The van der Waals surface area contributed by atoms with Crippen LogP contribution in [0.1, 0.15) is 42.4 Å². The first kappa shape index (κ1) is 18.8. The molecule has 1 unspecified atom stereocenters. The molecule has 2 aromatic heterocycles. The summed E-state index contributed by atoms with van der Waals surface area (Å²) in [6, 6.07) is 5.87. The van der Waals surface area contributed by atoms with Crippen LogP contribution < -0.4 is 0 Å². The zero-order valence-electron chi connectivity index (χ0n) is 15.3. The normalized spacial score (nSPS) is 17.2. The molecule has 0 bridgehead atoms. The zero-order valence-corrected chi connectivity index (χ0v) is 15.3. The third-order valence-electron chi connectivity index (χ3n) is 4.29. The molecule has 0 aromatic carbocycles. The van der Waals surface area contributed by atoms with Crippen molar-refractivity contribution in [2.24, 2.45) is 0 Å². The highest BCUT2D eigenvalue weighted by atomic mass is 16.5. The second-order valence-corrected chi connectivity index (χ2v) is 6.53. The van der Waals surface area contributed by atoms with Crippen molar-refractivity contribution in [3.05, 3.63) is 65.6 Å². The van der Waals surface area contributed by atoms with Crippen LogP contribution in [0.3, 0.4) is 0 Å².